The Labute approximate surface area is 162 Å². The minimum absolute atomic E-state index is 0.0751. The first-order chi connectivity index (χ1) is 13.5. The third kappa shape index (κ3) is 4.22. The van der Waals surface area contributed by atoms with E-state index in [1.54, 1.807) is 6.20 Å². The zero-order valence-corrected chi connectivity index (χ0v) is 15.8. The second-order valence-electron chi connectivity index (χ2n) is 6.44. The summed E-state index contributed by atoms with van der Waals surface area (Å²) in [6.07, 6.45) is 6.46. The molecular weight excluding hydrogens is 356 g/mol. The molecule has 8 nitrogen and oxygen atoms in total. The number of rotatable bonds is 7. The SMILES string of the molecule is C/C=C\CC(C)c1nnc(-c2nc(-c3ccccc3CC(N)=O)cnc2N)o1. The predicted molar refractivity (Wildman–Crippen MR) is 106 cm³/mol. The van der Waals surface area contributed by atoms with Gasteiger partial charge in [0, 0.05) is 11.5 Å². The molecule has 144 valence electrons. The van der Waals surface area contributed by atoms with Crippen molar-refractivity contribution < 1.29 is 9.21 Å². The van der Waals surface area contributed by atoms with Crippen LogP contribution in [0.15, 0.2) is 47.0 Å². The topological polar surface area (TPSA) is 134 Å². The minimum Gasteiger partial charge on any atom is -0.419 e. The van der Waals surface area contributed by atoms with Crippen LogP contribution in [0.3, 0.4) is 0 Å². The van der Waals surface area contributed by atoms with Crippen LogP contribution in [0.2, 0.25) is 0 Å². The number of nitrogens with zero attached hydrogens (tertiary/aromatic N) is 4. The summed E-state index contributed by atoms with van der Waals surface area (Å²) in [5.74, 6) is 0.557. The van der Waals surface area contributed by atoms with E-state index in [-0.39, 0.29) is 24.0 Å². The number of carbonyl (C=O) groups excluding carboxylic acids is 1. The van der Waals surface area contributed by atoms with Crippen molar-refractivity contribution in [3.05, 3.63) is 54.1 Å². The van der Waals surface area contributed by atoms with E-state index < -0.39 is 5.91 Å². The zero-order valence-electron chi connectivity index (χ0n) is 15.8. The third-order valence-corrected chi connectivity index (χ3v) is 4.25. The summed E-state index contributed by atoms with van der Waals surface area (Å²) in [6.45, 7) is 3.96. The maximum absolute atomic E-state index is 11.4. The molecule has 0 fully saturated rings. The molecule has 2 heterocycles. The quantitative estimate of drug-likeness (QED) is 0.604. The van der Waals surface area contributed by atoms with Gasteiger partial charge in [0.05, 0.1) is 18.3 Å². The molecule has 28 heavy (non-hydrogen) atoms. The number of hydrogen-bond donors (Lipinski definition) is 2. The van der Waals surface area contributed by atoms with Gasteiger partial charge in [-0.15, -0.1) is 10.2 Å². The van der Waals surface area contributed by atoms with Gasteiger partial charge in [0.2, 0.25) is 11.8 Å². The second-order valence-corrected chi connectivity index (χ2v) is 6.44. The standard InChI is InChI=1S/C20H22N6O2/c1-3-4-7-12(2)19-25-26-20(28-19)17-18(22)23-11-15(24-17)14-9-6-5-8-13(14)10-16(21)27/h3-6,8-9,11-12H,7,10H2,1-2H3,(H2,21,27)(H2,22,23)/b4-3-. The first-order valence-electron chi connectivity index (χ1n) is 8.93. The highest BCUT2D eigenvalue weighted by Crippen LogP contribution is 2.29. The number of nitrogen functional groups attached to an aromatic ring is 1. The molecule has 2 aromatic heterocycles. The fourth-order valence-corrected chi connectivity index (χ4v) is 2.77. The summed E-state index contributed by atoms with van der Waals surface area (Å²) in [7, 11) is 0. The molecule has 8 heteroatoms. The van der Waals surface area contributed by atoms with Crippen molar-refractivity contribution in [2.75, 3.05) is 5.73 Å². The number of hydrogen-bond acceptors (Lipinski definition) is 7. The summed E-state index contributed by atoms with van der Waals surface area (Å²) < 4.78 is 5.78. The molecule has 0 spiro atoms. The Hall–Kier alpha value is -3.55. The molecule has 1 atom stereocenters. The normalized spacial score (nSPS) is 12.4. The molecule has 3 aromatic rings. The van der Waals surface area contributed by atoms with Crippen LogP contribution < -0.4 is 11.5 Å². The zero-order chi connectivity index (χ0) is 20.1. The molecule has 1 unspecified atom stereocenters. The number of benzene rings is 1. The number of aromatic nitrogens is 4. The molecule has 3 rings (SSSR count). The van der Waals surface area contributed by atoms with E-state index in [0.717, 1.165) is 17.5 Å². The van der Waals surface area contributed by atoms with E-state index in [1.807, 2.05) is 50.3 Å². The van der Waals surface area contributed by atoms with Gasteiger partial charge in [-0.2, -0.15) is 0 Å². The van der Waals surface area contributed by atoms with Crippen LogP contribution >= 0.6 is 0 Å². The summed E-state index contributed by atoms with van der Waals surface area (Å²) >= 11 is 0. The van der Waals surface area contributed by atoms with Crippen LogP contribution in [0.4, 0.5) is 5.82 Å². The number of primary amides is 1. The summed E-state index contributed by atoms with van der Waals surface area (Å²) in [5, 5.41) is 8.20. The molecule has 0 aliphatic carbocycles. The highest BCUT2D eigenvalue weighted by molar-refractivity contribution is 5.80. The Morgan fingerprint density at radius 2 is 2.07 bits per heavy atom. The molecule has 1 amide bonds. The lowest BCUT2D eigenvalue weighted by Gasteiger charge is -2.09. The number of amides is 1. The monoisotopic (exact) mass is 378 g/mol. The molecule has 1 aromatic carbocycles. The lowest BCUT2D eigenvalue weighted by molar-refractivity contribution is -0.117. The van der Waals surface area contributed by atoms with Gasteiger partial charge in [0.25, 0.3) is 5.89 Å². The van der Waals surface area contributed by atoms with Gasteiger partial charge in [-0.1, -0.05) is 43.3 Å². The van der Waals surface area contributed by atoms with Crippen LogP contribution in [0, 0.1) is 0 Å². The van der Waals surface area contributed by atoms with E-state index in [2.05, 4.69) is 20.2 Å². The first kappa shape index (κ1) is 19.2. The number of allylic oxidation sites excluding steroid dienone is 2. The van der Waals surface area contributed by atoms with Crippen molar-refractivity contribution in [3.63, 3.8) is 0 Å². The average Bonchev–Trinajstić information content (AvgIpc) is 3.16. The van der Waals surface area contributed by atoms with E-state index >= 15 is 0 Å². The Balaban J connectivity index is 1.98. The molecule has 0 aliphatic heterocycles. The average molecular weight is 378 g/mol. The van der Waals surface area contributed by atoms with Gasteiger partial charge < -0.3 is 15.9 Å². The summed E-state index contributed by atoms with van der Waals surface area (Å²) in [4.78, 5) is 20.1. The number of anilines is 1. The lowest BCUT2D eigenvalue weighted by Crippen LogP contribution is -2.14. The highest BCUT2D eigenvalue weighted by Gasteiger charge is 2.19. The molecule has 0 radical (unpaired) electrons. The molecule has 0 saturated carbocycles. The summed E-state index contributed by atoms with van der Waals surface area (Å²) in [6, 6.07) is 7.36. The van der Waals surface area contributed by atoms with Gasteiger partial charge in [0.15, 0.2) is 11.5 Å². The van der Waals surface area contributed by atoms with Crippen LogP contribution in [0.1, 0.15) is 37.6 Å². The van der Waals surface area contributed by atoms with Gasteiger partial charge in [-0.05, 0) is 18.9 Å². The largest absolute Gasteiger partial charge is 0.419 e. The number of carbonyl (C=O) groups is 1. The minimum atomic E-state index is -0.423. The van der Waals surface area contributed by atoms with Crippen LogP contribution in [-0.4, -0.2) is 26.1 Å². The van der Waals surface area contributed by atoms with Gasteiger partial charge in [-0.3, -0.25) is 4.79 Å². The van der Waals surface area contributed by atoms with E-state index in [0.29, 0.717) is 17.3 Å². The van der Waals surface area contributed by atoms with Crippen LogP contribution in [0.5, 0.6) is 0 Å². The molecule has 0 aliphatic rings. The third-order valence-electron chi connectivity index (χ3n) is 4.25. The molecule has 0 bridgehead atoms. The Morgan fingerprint density at radius 1 is 1.29 bits per heavy atom. The van der Waals surface area contributed by atoms with Gasteiger partial charge >= 0.3 is 0 Å². The predicted octanol–water partition coefficient (Wildman–Crippen LogP) is 2.87. The van der Waals surface area contributed by atoms with Crippen molar-refractivity contribution in [1.29, 1.82) is 0 Å². The fourth-order valence-electron chi connectivity index (χ4n) is 2.77. The van der Waals surface area contributed by atoms with Crippen molar-refractivity contribution in [2.45, 2.75) is 32.6 Å². The van der Waals surface area contributed by atoms with Crippen molar-refractivity contribution in [1.82, 2.24) is 20.2 Å². The second kappa shape index (κ2) is 8.43. The van der Waals surface area contributed by atoms with E-state index in [9.17, 15) is 4.79 Å². The Morgan fingerprint density at radius 3 is 2.82 bits per heavy atom. The summed E-state index contributed by atoms with van der Waals surface area (Å²) in [5.41, 5.74) is 13.7. The van der Waals surface area contributed by atoms with Gasteiger partial charge in [-0.25, -0.2) is 9.97 Å². The molecule has 4 N–H and O–H groups in total. The van der Waals surface area contributed by atoms with Crippen molar-refractivity contribution in [2.24, 2.45) is 5.73 Å². The maximum Gasteiger partial charge on any atom is 0.270 e. The van der Waals surface area contributed by atoms with Crippen molar-refractivity contribution >= 4 is 11.7 Å². The maximum atomic E-state index is 11.4. The van der Waals surface area contributed by atoms with Crippen LogP contribution in [0.25, 0.3) is 22.8 Å². The van der Waals surface area contributed by atoms with Crippen LogP contribution in [-0.2, 0) is 11.2 Å². The molecule has 0 saturated heterocycles. The Kier molecular flexibility index (Phi) is 5.78. The van der Waals surface area contributed by atoms with E-state index in [4.69, 9.17) is 15.9 Å². The fraction of sp³-hybridized carbons (Fsp3) is 0.250. The Bertz CT molecular complexity index is 1010. The smallest absolute Gasteiger partial charge is 0.270 e. The van der Waals surface area contributed by atoms with E-state index in [1.165, 1.54) is 0 Å². The number of nitrogens with two attached hydrogens (primary N) is 2. The van der Waals surface area contributed by atoms with Gasteiger partial charge in [0.1, 0.15) is 0 Å². The lowest BCUT2D eigenvalue weighted by atomic mass is 10.0. The first-order valence-corrected chi connectivity index (χ1v) is 8.93. The highest BCUT2D eigenvalue weighted by atomic mass is 16.4. The molecular formula is C20H22N6O2. The van der Waals surface area contributed by atoms with Crippen molar-refractivity contribution in [3.8, 4) is 22.8 Å².